The number of halogens is 1. The van der Waals surface area contributed by atoms with E-state index in [1.807, 2.05) is 18.2 Å². The van der Waals surface area contributed by atoms with E-state index >= 15 is 0 Å². The zero-order valence-electron chi connectivity index (χ0n) is 15.4. The van der Waals surface area contributed by atoms with Crippen LogP contribution in [0.4, 0.5) is 0 Å². The van der Waals surface area contributed by atoms with Gasteiger partial charge in [-0.3, -0.25) is 4.79 Å². The van der Waals surface area contributed by atoms with Crippen molar-refractivity contribution in [2.75, 3.05) is 26.2 Å². The van der Waals surface area contributed by atoms with Crippen LogP contribution in [0.3, 0.4) is 0 Å². The predicted molar refractivity (Wildman–Crippen MR) is 108 cm³/mol. The van der Waals surface area contributed by atoms with E-state index < -0.39 is 10.0 Å². The van der Waals surface area contributed by atoms with Crippen LogP contribution in [0, 0.1) is 0 Å². The van der Waals surface area contributed by atoms with Crippen molar-refractivity contribution in [1.82, 2.24) is 9.62 Å². The van der Waals surface area contributed by atoms with Gasteiger partial charge >= 0.3 is 0 Å². The molecule has 1 saturated heterocycles. The van der Waals surface area contributed by atoms with E-state index in [4.69, 9.17) is 16.3 Å². The smallest absolute Gasteiger partial charge is 0.243 e. The zero-order chi connectivity index (χ0) is 20.0. The van der Waals surface area contributed by atoms with E-state index in [0.29, 0.717) is 30.4 Å². The number of rotatable bonds is 8. The molecule has 0 spiro atoms. The molecule has 1 N–H and O–H groups in total. The average molecular weight is 423 g/mol. The van der Waals surface area contributed by atoms with Crippen molar-refractivity contribution in [3.8, 4) is 5.75 Å². The quantitative estimate of drug-likeness (QED) is 0.664. The van der Waals surface area contributed by atoms with Crippen molar-refractivity contribution in [2.24, 2.45) is 0 Å². The molecule has 1 amide bonds. The van der Waals surface area contributed by atoms with Gasteiger partial charge in [-0.2, -0.15) is 4.31 Å². The number of ether oxygens (including phenoxy) is 1. The molecule has 28 heavy (non-hydrogen) atoms. The molecule has 1 heterocycles. The van der Waals surface area contributed by atoms with Gasteiger partial charge in [0.1, 0.15) is 12.4 Å². The first-order valence-corrected chi connectivity index (χ1v) is 11.0. The second kappa shape index (κ2) is 9.41. The highest BCUT2D eigenvalue weighted by Gasteiger charge is 2.26. The number of amides is 1. The third kappa shape index (κ3) is 5.25. The lowest BCUT2D eigenvalue weighted by Crippen LogP contribution is -2.29. The molecular weight excluding hydrogens is 400 g/mol. The predicted octanol–water partition coefficient (Wildman–Crippen LogP) is 2.86. The first-order valence-electron chi connectivity index (χ1n) is 9.20. The number of nitrogens with zero attached hydrogens (tertiary/aromatic N) is 1. The number of hydrogen-bond acceptors (Lipinski definition) is 4. The molecule has 150 valence electrons. The molecular formula is C20H23ClN2O4S. The maximum atomic E-state index is 12.5. The van der Waals surface area contributed by atoms with Gasteiger partial charge in [-0.1, -0.05) is 29.8 Å². The highest BCUT2D eigenvalue weighted by Crippen LogP contribution is 2.22. The normalized spacial score (nSPS) is 14.8. The van der Waals surface area contributed by atoms with Crippen molar-refractivity contribution >= 4 is 27.5 Å². The Morgan fingerprint density at radius 2 is 1.75 bits per heavy atom. The number of sulfonamides is 1. The molecule has 0 aromatic heterocycles. The second-order valence-electron chi connectivity index (χ2n) is 6.55. The van der Waals surface area contributed by atoms with E-state index in [9.17, 15) is 13.2 Å². The standard InChI is InChI=1S/C20H23ClN2O4S/c21-19-6-2-1-5-16(19)15-20(24)22-11-14-27-17-7-9-18(10-8-17)28(25,26)23-12-3-4-13-23/h1-2,5-10H,3-4,11-15H2,(H,22,24). The Hall–Kier alpha value is -2.09. The van der Waals surface area contributed by atoms with Crippen LogP contribution in [0.15, 0.2) is 53.4 Å². The first-order chi connectivity index (χ1) is 13.5. The van der Waals surface area contributed by atoms with Gasteiger partial charge in [-0.05, 0) is 48.7 Å². The summed E-state index contributed by atoms with van der Waals surface area (Å²) in [5.74, 6) is 0.421. The molecule has 0 aliphatic carbocycles. The van der Waals surface area contributed by atoms with Gasteiger partial charge in [-0.15, -0.1) is 0 Å². The molecule has 1 aliphatic rings. The summed E-state index contributed by atoms with van der Waals surface area (Å²) in [7, 11) is -3.42. The summed E-state index contributed by atoms with van der Waals surface area (Å²) in [5.41, 5.74) is 0.775. The number of benzene rings is 2. The van der Waals surface area contributed by atoms with Crippen LogP contribution in [0.2, 0.25) is 5.02 Å². The van der Waals surface area contributed by atoms with Crippen LogP contribution in [-0.2, 0) is 21.2 Å². The Bertz CT molecular complexity index is 910. The van der Waals surface area contributed by atoms with E-state index in [2.05, 4.69) is 5.32 Å². The second-order valence-corrected chi connectivity index (χ2v) is 8.89. The van der Waals surface area contributed by atoms with Crippen molar-refractivity contribution in [2.45, 2.75) is 24.2 Å². The maximum absolute atomic E-state index is 12.5. The highest BCUT2D eigenvalue weighted by molar-refractivity contribution is 7.89. The fourth-order valence-electron chi connectivity index (χ4n) is 3.02. The summed E-state index contributed by atoms with van der Waals surface area (Å²) in [6, 6.07) is 13.6. The minimum atomic E-state index is -3.42. The van der Waals surface area contributed by atoms with E-state index in [1.54, 1.807) is 30.3 Å². The van der Waals surface area contributed by atoms with Crippen molar-refractivity contribution in [3.63, 3.8) is 0 Å². The third-order valence-corrected chi connectivity index (χ3v) is 6.81. The number of carbonyl (C=O) groups excluding carboxylic acids is 1. The van der Waals surface area contributed by atoms with Crippen molar-refractivity contribution < 1.29 is 17.9 Å². The van der Waals surface area contributed by atoms with E-state index in [1.165, 1.54) is 4.31 Å². The minimum Gasteiger partial charge on any atom is -0.492 e. The van der Waals surface area contributed by atoms with Crippen LogP contribution in [-0.4, -0.2) is 44.9 Å². The van der Waals surface area contributed by atoms with Crippen molar-refractivity contribution in [3.05, 3.63) is 59.1 Å². The number of hydrogen-bond donors (Lipinski definition) is 1. The topological polar surface area (TPSA) is 75.7 Å². The lowest BCUT2D eigenvalue weighted by molar-refractivity contribution is -0.120. The highest BCUT2D eigenvalue weighted by atomic mass is 35.5. The summed E-state index contributed by atoms with van der Waals surface area (Å²) in [6.45, 7) is 1.78. The molecule has 1 fully saturated rings. The van der Waals surface area contributed by atoms with Crippen LogP contribution in [0.5, 0.6) is 5.75 Å². The Morgan fingerprint density at radius 3 is 2.43 bits per heavy atom. The largest absolute Gasteiger partial charge is 0.492 e. The zero-order valence-corrected chi connectivity index (χ0v) is 17.0. The van der Waals surface area contributed by atoms with E-state index in [-0.39, 0.29) is 23.8 Å². The van der Waals surface area contributed by atoms with Crippen LogP contribution in [0.1, 0.15) is 18.4 Å². The Morgan fingerprint density at radius 1 is 1.07 bits per heavy atom. The third-order valence-electron chi connectivity index (χ3n) is 4.53. The van der Waals surface area contributed by atoms with Crippen LogP contribution >= 0.6 is 11.6 Å². The SMILES string of the molecule is O=C(Cc1ccccc1Cl)NCCOc1ccc(S(=O)(=O)N2CCCC2)cc1. The fraction of sp³-hybridized carbons (Fsp3) is 0.350. The van der Waals surface area contributed by atoms with Crippen LogP contribution < -0.4 is 10.1 Å². The molecule has 1 aliphatic heterocycles. The van der Waals surface area contributed by atoms with Gasteiger partial charge in [0.25, 0.3) is 0 Å². The number of nitrogens with one attached hydrogen (secondary N) is 1. The van der Waals surface area contributed by atoms with Gasteiger partial charge in [-0.25, -0.2) is 8.42 Å². The molecule has 2 aromatic rings. The number of carbonyl (C=O) groups is 1. The maximum Gasteiger partial charge on any atom is 0.243 e. The van der Waals surface area contributed by atoms with Gasteiger partial charge in [0, 0.05) is 18.1 Å². The first kappa shape index (κ1) is 20.6. The molecule has 0 atom stereocenters. The summed E-state index contributed by atoms with van der Waals surface area (Å²) >= 11 is 6.05. The Labute approximate surface area is 170 Å². The molecule has 0 bridgehead atoms. The van der Waals surface area contributed by atoms with Crippen molar-refractivity contribution in [1.29, 1.82) is 0 Å². The van der Waals surface area contributed by atoms with E-state index in [0.717, 1.165) is 18.4 Å². The summed E-state index contributed by atoms with van der Waals surface area (Å²) < 4.78 is 32.1. The average Bonchev–Trinajstić information content (AvgIpc) is 3.23. The van der Waals surface area contributed by atoms with Gasteiger partial charge in [0.05, 0.1) is 17.9 Å². The van der Waals surface area contributed by atoms with Gasteiger partial charge < -0.3 is 10.1 Å². The lowest BCUT2D eigenvalue weighted by Gasteiger charge is -2.15. The molecule has 3 rings (SSSR count). The Kier molecular flexibility index (Phi) is 6.93. The monoisotopic (exact) mass is 422 g/mol. The fourth-order valence-corrected chi connectivity index (χ4v) is 4.74. The molecule has 8 heteroatoms. The minimum absolute atomic E-state index is 0.135. The van der Waals surface area contributed by atoms with Crippen LogP contribution in [0.25, 0.3) is 0 Å². The van der Waals surface area contributed by atoms with Gasteiger partial charge in [0.15, 0.2) is 0 Å². The molecule has 0 unspecified atom stereocenters. The molecule has 0 radical (unpaired) electrons. The Balaban J connectivity index is 1.44. The summed E-state index contributed by atoms with van der Waals surface area (Å²) in [5, 5.41) is 3.34. The molecule has 2 aromatic carbocycles. The summed E-state index contributed by atoms with van der Waals surface area (Å²) in [6.07, 6.45) is 2.02. The molecule has 6 nitrogen and oxygen atoms in total. The summed E-state index contributed by atoms with van der Waals surface area (Å²) in [4.78, 5) is 12.2. The lowest BCUT2D eigenvalue weighted by atomic mass is 10.1. The van der Waals surface area contributed by atoms with Gasteiger partial charge in [0.2, 0.25) is 15.9 Å². The molecule has 0 saturated carbocycles.